The summed E-state index contributed by atoms with van der Waals surface area (Å²) in [5.41, 5.74) is 7.62. The molecule has 3 rings (SSSR count). The SMILES string of the molecule is NCCc1cccc(-c2nc(C3COCCO3)no2)c1. The molecule has 0 spiro atoms. The average Bonchev–Trinajstić information content (AvgIpc) is 2.99. The highest BCUT2D eigenvalue weighted by atomic mass is 16.6. The van der Waals surface area contributed by atoms with Gasteiger partial charge in [0.15, 0.2) is 0 Å². The van der Waals surface area contributed by atoms with E-state index in [2.05, 4.69) is 10.1 Å². The molecule has 2 heterocycles. The van der Waals surface area contributed by atoms with Crippen LogP contribution in [0.2, 0.25) is 0 Å². The van der Waals surface area contributed by atoms with E-state index in [1.165, 1.54) is 0 Å². The number of aromatic nitrogens is 2. The van der Waals surface area contributed by atoms with Crippen LogP contribution >= 0.6 is 0 Å². The minimum atomic E-state index is -0.242. The van der Waals surface area contributed by atoms with Crippen molar-refractivity contribution in [2.24, 2.45) is 5.73 Å². The molecule has 1 aromatic heterocycles. The molecule has 1 aliphatic heterocycles. The highest BCUT2D eigenvalue weighted by Crippen LogP contribution is 2.23. The van der Waals surface area contributed by atoms with E-state index >= 15 is 0 Å². The van der Waals surface area contributed by atoms with Crippen LogP contribution < -0.4 is 5.73 Å². The predicted molar refractivity (Wildman–Crippen MR) is 72.0 cm³/mol. The summed E-state index contributed by atoms with van der Waals surface area (Å²) in [6.07, 6.45) is 0.586. The molecule has 1 aliphatic rings. The molecule has 20 heavy (non-hydrogen) atoms. The van der Waals surface area contributed by atoms with E-state index < -0.39 is 0 Å². The summed E-state index contributed by atoms with van der Waals surface area (Å²) >= 11 is 0. The summed E-state index contributed by atoms with van der Waals surface area (Å²) < 4.78 is 16.2. The fraction of sp³-hybridized carbons (Fsp3) is 0.429. The van der Waals surface area contributed by atoms with Gasteiger partial charge in [-0.1, -0.05) is 17.3 Å². The van der Waals surface area contributed by atoms with Crippen LogP contribution in [0.5, 0.6) is 0 Å². The average molecular weight is 275 g/mol. The van der Waals surface area contributed by atoms with Crippen molar-refractivity contribution in [3.63, 3.8) is 0 Å². The topological polar surface area (TPSA) is 83.4 Å². The van der Waals surface area contributed by atoms with Gasteiger partial charge in [-0.25, -0.2) is 0 Å². The molecule has 0 saturated carbocycles. The van der Waals surface area contributed by atoms with Crippen molar-refractivity contribution in [2.45, 2.75) is 12.5 Å². The third-order valence-electron chi connectivity index (χ3n) is 3.15. The zero-order valence-corrected chi connectivity index (χ0v) is 11.1. The van der Waals surface area contributed by atoms with Gasteiger partial charge in [0.1, 0.15) is 6.10 Å². The van der Waals surface area contributed by atoms with E-state index in [1.807, 2.05) is 24.3 Å². The van der Waals surface area contributed by atoms with Crippen LogP contribution in [0, 0.1) is 0 Å². The lowest BCUT2D eigenvalue weighted by molar-refractivity contribution is -0.0941. The Morgan fingerprint density at radius 3 is 3.05 bits per heavy atom. The number of rotatable bonds is 4. The molecule has 6 nitrogen and oxygen atoms in total. The van der Waals surface area contributed by atoms with E-state index in [1.54, 1.807) is 0 Å². The Morgan fingerprint density at radius 1 is 1.30 bits per heavy atom. The number of hydrogen-bond donors (Lipinski definition) is 1. The third kappa shape index (κ3) is 2.87. The smallest absolute Gasteiger partial charge is 0.258 e. The lowest BCUT2D eigenvalue weighted by Gasteiger charge is -2.19. The Morgan fingerprint density at radius 2 is 2.25 bits per heavy atom. The van der Waals surface area contributed by atoms with Crippen molar-refractivity contribution in [2.75, 3.05) is 26.4 Å². The van der Waals surface area contributed by atoms with Gasteiger partial charge in [-0.3, -0.25) is 0 Å². The normalized spacial score (nSPS) is 19.1. The van der Waals surface area contributed by atoms with Crippen LogP contribution in [-0.4, -0.2) is 36.5 Å². The first-order valence-corrected chi connectivity index (χ1v) is 6.69. The predicted octanol–water partition coefficient (Wildman–Crippen LogP) is 1.33. The van der Waals surface area contributed by atoms with Gasteiger partial charge in [0.05, 0.1) is 19.8 Å². The largest absolute Gasteiger partial charge is 0.376 e. The van der Waals surface area contributed by atoms with Crippen LogP contribution in [0.1, 0.15) is 17.5 Å². The monoisotopic (exact) mass is 275 g/mol. The molecule has 2 aromatic rings. The highest BCUT2D eigenvalue weighted by molar-refractivity contribution is 5.54. The number of benzene rings is 1. The molecule has 106 valence electrons. The highest BCUT2D eigenvalue weighted by Gasteiger charge is 2.22. The molecule has 0 aliphatic carbocycles. The van der Waals surface area contributed by atoms with Crippen molar-refractivity contribution in [1.29, 1.82) is 0 Å². The van der Waals surface area contributed by atoms with Crippen LogP contribution in [-0.2, 0) is 15.9 Å². The summed E-state index contributed by atoms with van der Waals surface area (Å²) in [5.74, 6) is 1.02. The first-order chi connectivity index (χ1) is 9.86. The van der Waals surface area contributed by atoms with Gasteiger partial charge in [-0.15, -0.1) is 0 Å². The van der Waals surface area contributed by atoms with Gasteiger partial charge in [-0.05, 0) is 30.7 Å². The molecular formula is C14H17N3O3. The molecule has 0 amide bonds. The Bertz CT molecular complexity index is 564. The van der Waals surface area contributed by atoms with Crippen molar-refractivity contribution in [3.8, 4) is 11.5 Å². The van der Waals surface area contributed by atoms with Crippen LogP contribution in [0.3, 0.4) is 0 Å². The van der Waals surface area contributed by atoms with Crippen molar-refractivity contribution in [1.82, 2.24) is 10.1 Å². The first-order valence-electron chi connectivity index (χ1n) is 6.69. The number of nitrogens with zero attached hydrogens (tertiary/aromatic N) is 2. The van der Waals surface area contributed by atoms with Gasteiger partial charge >= 0.3 is 0 Å². The van der Waals surface area contributed by atoms with E-state index in [4.69, 9.17) is 19.7 Å². The third-order valence-corrected chi connectivity index (χ3v) is 3.15. The van der Waals surface area contributed by atoms with Crippen LogP contribution in [0.15, 0.2) is 28.8 Å². The molecule has 1 aromatic carbocycles. The Labute approximate surface area is 116 Å². The molecular weight excluding hydrogens is 258 g/mol. The first kappa shape index (κ1) is 13.2. The van der Waals surface area contributed by atoms with Gasteiger partial charge < -0.3 is 19.7 Å². The summed E-state index contributed by atoms with van der Waals surface area (Å²) in [4.78, 5) is 4.39. The fourth-order valence-corrected chi connectivity index (χ4v) is 2.15. The zero-order valence-electron chi connectivity index (χ0n) is 11.1. The van der Waals surface area contributed by atoms with Gasteiger partial charge in [0, 0.05) is 5.56 Å². The van der Waals surface area contributed by atoms with Gasteiger partial charge in [-0.2, -0.15) is 4.98 Å². The van der Waals surface area contributed by atoms with Crippen LogP contribution in [0.25, 0.3) is 11.5 Å². The standard InChI is InChI=1S/C14H17N3O3/c15-5-4-10-2-1-3-11(8-10)14-16-13(17-20-14)12-9-18-6-7-19-12/h1-3,8,12H,4-7,9,15H2. The van der Waals surface area contributed by atoms with Crippen molar-refractivity contribution in [3.05, 3.63) is 35.7 Å². The molecule has 1 saturated heterocycles. The summed E-state index contributed by atoms with van der Waals surface area (Å²) in [6, 6.07) is 7.95. The van der Waals surface area contributed by atoms with E-state index in [9.17, 15) is 0 Å². The molecule has 1 atom stereocenters. The second-order valence-corrected chi connectivity index (χ2v) is 4.63. The lowest BCUT2D eigenvalue weighted by atomic mass is 10.1. The number of ether oxygens (including phenoxy) is 2. The van der Waals surface area contributed by atoms with Gasteiger partial charge in [0.25, 0.3) is 5.89 Å². The molecule has 0 bridgehead atoms. The van der Waals surface area contributed by atoms with E-state index in [-0.39, 0.29) is 6.10 Å². The Kier molecular flexibility index (Phi) is 4.05. The minimum Gasteiger partial charge on any atom is -0.376 e. The van der Waals surface area contributed by atoms with E-state index in [0.717, 1.165) is 17.5 Å². The van der Waals surface area contributed by atoms with E-state index in [0.29, 0.717) is 38.1 Å². The maximum absolute atomic E-state index is 5.57. The van der Waals surface area contributed by atoms with Gasteiger partial charge in [0.2, 0.25) is 5.82 Å². The Balaban J connectivity index is 1.80. The number of nitrogens with two attached hydrogens (primary N) is 1. The lowest BCUT2D eigenvalue weighted by Crippen LogP contribution is -2.22. The second-order valence-electron chi connectivity index (χ2n) is 4.63. The van der Waals surface area contributed by atoms with Crippen molar-refractivity contribution >= 4 is 0 Å². The summed E-state index contributed by atoms with van der Waals surface area (Å²) in [5, 5.41) is 3.98. The fourth-order valence-electron chi connectivity index (χ4n) is 2.15. The molecule has 6 heteroatoms. The molecule has 0 radical (unpaired) electrons. The summed E-state index contributed by atoms with van der Waals surface area (Å²) in [7, 11) is 0. The zero-order chi connectivity index (χ0) is 13.8. The van der Waals surface area contributed by atoms with Crippen molar-refractivity contribution < 1.29 is 14.0 Å². The number of hydrogen-bond acceptors (Lipinski definition) is 6. The minimum absolute atomic E-state index is 0.242. The Hall–Kier alpha value is -1.76. The molecule has 1 unspecified atom stereocenters. The van der Waals surface area contributed by atoms with Crippen LogP contribution in [0.4, 0.5) is 0 Å². The molecule has 2 N–H and O–H groups in total. The maximum Gasteiger partial charge on any atom is 0.258 e. The second kappa shape index (κ2) is 6.13. The molecule has 1 fully saturated rings. The summed E-state index contributed by atoms with van der Waals surface area (Å²) in [6.45, 7) is 2.25. The maximum atomic E-state index is 5.57. The quantitative estimate of drug-likeness (QED) is 0.906.